The second kappa shape index (κ2) is 11.1. The van der Waals surface area contributed by atoms with Gasteiger partial charge in [0.1, 0.15) is 0 Å². The maximum atomic E-state index is 14.3. The van der Waals surface area contributed by atoms with Gasteiger partial charge in [-0.1, -0.05) is 103 Å². The molecular formula is C39H28N2O. The largest absolute Gasteiger partial charge is 0.310 e. The molecule has 0 fully saturated rings. The van der Waals surface area contributed by atoms with Gasteiger partial charge in [-0.05, 0) is 71.4 Å². The fraction of sp³-hybridized carbons (Fsp3) is 0. The van der Waals surface area contributed by atoms with Crippen LogP contribution in [-0.2, 0) is 0 Å². The fourth-order valence-electron chi connectivity index (χ4n) is 5.70. The highest BCUT2D eigenvalue weighted by Crippen LogP contribution is 2.40. The summed E-state index contributed by atoms with van der Waals surface area (Å²) >= 11 is 0. The Morgan fingerprint density at radius 2 is 0.714 bits per heavy atom. The zero-order valence-electron chi connectivity index (χ0n) is 23.0. The summed E-state index contributed by atoms with van der Waals surface area (Å²) in [6.45, 7) is 0. The molecule has 7 aromatic carbocycles. The molecule has 200 valence electrons. The Morgan fingerprint density at radius 3 is 1.21 bits per heavy atom. The van der Waals surface area contributed by atoms with Crippen LogP contribution in [0.1, 0.15) is 0 Å². The van der Waals surface area contributed by atoms with E-state index >= 15 is 0 Å². The highest BCUT2D eigenvalue weighted by molar-refractivity contribution is 6.12. The number of nitrogens with zero attached hydrogens (tertiary/aromatic N) is 2. The SMILES string of the molecule is O=c1cc(N(c2ccccc2)c2ccccc2)c2ccccc2c2ccc(N(c3ccccc3)c3ccccc3)cc12. The Labute approximate surface area is 245 Å². The van der Waals surface area contributed by atoms with Crippen molar-refractivity contribution in [2.24, 2.45) is 0 Å². The molecule has 0 aromatic heterocycles. The molecule has 0 atom stereocenters. The third-order valence-corrected chi connectivity index (χ3v) is 7.59. The third-order valence-electron chi connectivity index (χ3n) is 7.59. The average molecular weight is 541 g/mol. The van der Waals surface area contributed by atoms with Gasteiger partial charge in [-0.15, -0.1) is 0 Å². The second-order valence-corrected chi connectivity index (χ2v) is 10.2. The van der Waals surface area contributed by atoms with Crippen LogP contribution < -0.4 is 15.2 Å². The topological polar surface area (TPSA) is 23.6 Å². The highest BCUT2D eigenvalue weighted by Gasteiger charge is 2.18. The summed E-state index contributed by atoms with van der Waals surface area (Å²) in [4.78, 5) is 18.6. The standard InChI is InChI=1S/C39H28N2O/c42-39-28-38(41(31-19-9-3-10-20-31)32-21-11-4-12-22-32)36-24-14-13-23-34(36)35-26-25-33(27-37(35)39)40(29-15-5-1-6-16-29)30-17-7-2-8-18-30/h1-28H. The summed E-state index contributed by atoms with van der Waals surface area (Å²) in [5, 5.41) is 3.63. The molecule has 0 aliphatic rings. The van der Waals surface area contributed by atoms with Gasteiger partial charge >= 0.3 is 0 Å². The molecule has 7 aromatic rings. The van der Waals surface area contributed by atoms with Crippen molar-refractivity contribution in [3.8, 4) is 0 Å². The Morgan fingerprint density at radius 1 is 0.310 bits per heavy atom. The van der Waals surface area contributed by atoms with E-state index in [-0.39, 0.29) is 5.43 Å². The Balaban J connectivity index is 1.52. The quantitative estimate of drug-likeness (QED) is 0.210. The Kier molecular flexibility index (Phi) is 6.67. The molecule has 0 heterocycles. The van der Waals surface area contributed by atoms with Crippen LogP contribution in [0, 0.1) is 0 Å². The van der Waals surface area contributed by atoms with Crippen molar-refractivity contribution in [2.45, 2.75) is 0 Å². The molecule has 42 heavy (non-hydrogen) atoms. The smallest absolute Gasteiger partial charge is 0.188 e. The number of anilines is 6. The van der Waals surface area contributed by atoms with Gasteiger partial charge in [-0.3, -0.25) is 4.79 Å². The third kappa shape index (κ3) is 4.67. The molecule has 0 aliphatic heterocycles. The van der Waals surface area contributed by atoms with Crippen LogP contribution in [0.3, 0.4) is 0 Å². The first-order valence-electron chi connectivity index (χ1n) is 14.1. The van der Waals surface area contributed by atoms with Crippen LogP contribution in [0.15, 0.2) is 175 Å². The lowest BCUT2D eigenvalue weighted by molar-refractivity contribution is 1.29. The number of benzene rings is 6. The maximum absolute atomic E-state index is 14.3. The molecule has 0 aliphatic carbocycles. The van der Waals surface area contributed by atoms with Crippen molar-refractivity contribution >= 4 is 55.7 Å². The molecule has 3 nitrogen and oxygen atoms in total. The molecule has 7 rings (SSSR count). The van der Waals surface area contributed by atoms with E-state index in [9.17, 15) is 4.79 Å². The minimum Gasteiger partial charge on any atom is -0.310 e. The molecular weight excluding hydrogens is 512 g/mol. The van der Waals surface area contributed by atoms with Crippen molar-refractivity contribution in [1.29, 1.82) is 0 Å². The normalized spacial score (nSPS) is 11.0. The van der Waals surface area contributed by atoms with Crippen molar-refractivity contribution in [3.63, 3.8) is 0 Å². The molecule has 0 saturated heterocycles. The zero-order valence-corrected chi connectivity index (χ0v) is 23.0. The lowest BCUT2D eigenvalue weighted by Gasteiger charge is -2.25. The monoisotopic (exact) mass is 540 g/mol. The van der Waals surface area contributed by atoms with Crippen molar-refractivity contribution < 1.29 is 0 Å². The van der Waals surface area contributed by atoms with Gasteiger partial charge in [0, 0.05) is 45.3 Å². The van der Waals surface area contributed by atoms with Gasteiger partial charge in [0.15, 0.2) is 5.43 Å². The minimum absolute atomic E-state index is 0.0315. The van der Waals surface area contributed by atoms with E-state index < -0.39 is 0 Å². The van der Waals surface area contributed by atoms with Gasteiger partial charge in [-0.2, -0.15) is 0 Å². The van der Waals surface area contributed by atoms with E-state index in [4.69, 9.17) is 0 Å². The van der Waals surface area contributed by atoms with Gasteiger partial charge in [0.25, 0.3) is 0 Å². The molecule has 0 N–H and O–H groups in total. The van der Waals surface area contributed by atoms with Crippen LogP contribution in [-0.4, -0.2) is 0 Å². The number of hydrogen-bond acceptors (Lipinski definition) is 3. The molecule has 3 heteroatoms. The lowest BCUT2D eigenvalue weighted by Crippen LogP contribution is -2.11. The molecule has 0 radical (unpaired) electrons. The van der Waals surface area contributed by atoms with Crippen LogP contribution >= 0.6 is 0 Å². The summed E-state index contributed by atoms with van der Waals surface area (Å²) in [7, 11) is 0. The zero-order chi connectivity index (χ0) is 28.3. The average Bonchev–Trinajstić information content (AvgIpc) is 3.18. The number of fused-ring (bicyclic) bond motifs is 3. The van der Waals surface area contributed by atoms with E-state index in [1.54, 1.807) is 6.07 Å². The predicted molar refractivity (Wildman–Crippen MR) is 177 cm³/mol. The van der Waals surface area contributed by atoms with Crippen molar-refractivity contribution in [2.75, 3.05) is 9.80 Å². The highest BCUT2D eigenvalue weighted by atomic mass is 16.1. The fourth-order valence-corrected chi connectivity index (χ4v) is 5.70. The van der Waals surface area contributed by atoms with Gasteiger partial charge in [-0.25, -0.2) is 0 Å². The summed E-state index contributed by atoms with van der Waals surface area (Å²) in [6.07, 6.45) is 0. The summed E-state index contributed by atoms with van der Waals surface area (Å²) < 4.78 is 0. The van der Waals surface area contributed by atoms with Crippen molar-refractivity contribution in [3.05, 3.63) is 180 Å². The summed E-state index contributed by atoms with van der Waals surface area (Å²) in [5.74, 6) is 0. The minimum atomic E-state index is -0.0315. The van der Waals surface area contributed by atoms with Gasteiger partial charge in [0.2, 0.25) is 0 Å². The number of para-hydroxylation sites is 4. The van der Waals surface area contributed by atoms with Crippen LogP contribution in [0.5, 0.6) is 0 Å². The first kappa shape index (κ1) is 25.3. The van der Waals surface area contributed by atoms with Gasteiger partial charge in [0.05, 0.1) is 5.69 Å². The van der Waals surface area contributed by atoms with E-state index in [0.717, 1.165) is 50.3 Å². The van der Waals surface area contributed by atoms with E-state index in [0.29, 0.717) is 5.39 Å². The van der Waals surface area contributed by atoms with E-state index in [1.165, 1.54) is 0 Å². The first-order chi connectivity index (χ1) is 20.8. The predicted octanol–water partition coefficient (Wildman–Crippen LogP) is 10.3. The number of hydrogen-bond donors (Lipinski definition) is 0. The Hall–Kier alpha value is -5.67. The molecule has 0 amide bonds. The van der Waals surface area contributed by atoms with E-state index in [1.807, 2.05) is 91.0 Å². The number of rotatable bonds is 6. The van der Waals surface area contributed by atoms with E-state index in [2.05, 4.69) is 82.6 Å². The molecule has 0 unspecified atom stereocenters. The Bertz CT molecular complexity index is 1970. The first-order valence-corrected chi connectivity index (χ1v) is 14.1. The second-order valence-electron chi connectivity index (χ2n) is 10.2. The maximum Gasteiger partial charge on any atom is 0.188 e. The van der Waals surface area contributed by atoms with Crippen LogP contribution in [0.4, 0.5) is 34.1 Å². The van der Waals surface area contributed by atoms with Gasteiger partial charge < -0.3 is 9.80 Å². The summed E-state index contributed by atoms with van der Waals surface area (Å²) in [5.41, 5.74) is 5.77. The van der Waals surface area contributed by atoms with Crippen molar-refractivity contribution in [1.82, 2.24) is 0 Å². The molecule has 0 spiro atoms. The van der Waals surface area contributed by atoms with Crippen LogP contribution in [0.25, 0.3) is 21.5 Å². The summed E-state index contributed by atoms with van der Waals surface area (Å²) in [6, 6.07) is 57.3. The molecule has 0 saturated carbocycles. The molecule has 0 bridgehead atoms. The van der Waals surface area contributed by atoms with Crippen LogP contribution in [0.2, 0.25) is 0 Å². The lowest BCUT2D eigenvalue weighted by atomic mass is 10.0.